The molecule has 0 unspecified atom stereocenters. The summed E-state index contributed by atoms with van der Waals surface area (Å²) in [6, 6.07) is 17.1. The van der Waals surface area contributed by atoms with Crippen molar-refractivity contribution in [2.24, 2.45) is 0 Å². The van der Waals surface area contributed by atoms with Crippen molar-refractivity contribution < 1.29 is 13.2 Å². The third-order valence-electron chi connectivity index (χ3n) is 6.42. The third kappa shape index (κ3) is 4.12. The fraction of sp³-hybridized carbons (Fsp3) is 0.333. The van der Waals surface area contributed by atoms with E-state index in [-0.39, 0.29) is 23.5 Å². The molecule has 0 bridgehead atoms. The molecule has 32 heavy (non-hydrogen) atoms. The van der Waals surface area contributed by atoms with Gasteiger partial charge >= 0.3 is 0 Å². The summed E-state index contributed by atoms with van der Waals surface area (Å²) in [7, 11) is -2.92. The van der Waals surface area contributed by atoms with Gasteiger partial charge in [0.15, 0.2) is 9.84 Å². The average Bonchev–Trinajstić information content (AvgIpc) is 3.18. The molecule has 8 heteroatoms. The van der Waals surface area contributed by atoms with E-state index in [1.165, 1.54) is 0 Å². The second-order valence-electron chi connectivity index (χ2n) is 8.44. The van der Waals surface area contributed by atoms with E-state index >= 15 is 0 Å². The smallest absolute Gasteiger partial charge is 0.254 e. The minimum absolute atomic E-state index is 0.0319. The van der Waals surface area contributed by atoms with E-state index in [4.69, 9.17) is 16.6 Å². The minimum atomic E-state index is -2.92. The van der Waals surface area contributed by atoms with Gasteiger partial charge in [-0.05, 0) is 24.6 Å². The molecule has 1 atom stereocenters. The summed E-state index contributed by atoms with van der Waals surface area (Å²) in [5, 5.41) is 1.41. The topological polar surface area (TPSA) is 70.6 Å². The van der Waals surface area contributed by atoms with Crippen LogP contribution in [0.1, 0.15) is 16.8 Å². The van der Waals surface area contributed by atoms with Gasteiger partial charge < -0.3 is 4.90 Å². The highest BCUT2D eigenvalue weighted by Crippen LogP contribution is 2.30. The van der Waals surface area contributed by atoms with Gasteiger partial charge in [-0.1, -0.05) is 48.0 Å². The minimum Gasteiger partial charge on any atom is -0.336 e. The van der Waals surface area contributed by atoms with Crippen LogP contribution in [-0.4, -0.2) is 72.8 Å². The fourth-order valence-corrected chi connectivity index (χ4v) is 6.68. The Morgan fingerprint density at radius 3 is 2.44 bits per heavy atom. The molecule has 2 fully saturated rings. The van der Waals surface area contributed by atoms with Crippen LogP contribution in [0, 0.1) is 0 Å². The highest BCUT2D eigenvalue weighted by atomic mass is 35.5. The van der Waals surface area contributed by atoms with Crippen LogP contribution in [0.4, 0.5) is 0 Å². The van der Waals surface area contributed by atoms with E-state index in [1.807, 2.05) is 59.5 Å². The summed E-state index contributed by atoms with van der Waals surface area (Å²) in [6.07, 6.45) is 0.687. The lowest BCUT2D eigenvalue weighted by Crippen LogP contribution is -2.52. The van der Waals surface area contributed by atoms with Crippen LogP contribution in [0.3, 0.4) is 0 Å². The Kier molecular flexibility index (Phi) is 5.65. The van der Waals surface area contributed by atoms with Crippen molar-refractivity contribution in [3.63, 3.8) is 0 Å². The Balaban J connectivity index is 1.42. The quantitative estimate of drug-likeness (QED) is 0.587. The molecule has 3 aromatic rings. The zero-order valence-electron chi connectivity index (χ0n) is 17.6. The molecule has 1 aromatic heterocycles. The lowest BCUT2D eigenvalue weighted by Gasteiger charge is -2.37. The van der Waals surface area contributed by atoms with Crippen molar-refractivity contribution in [2.45, 2.75) is 12.5 Å². The largest absolute Gasteiger partial charge is 0.336 e. The highest BCUT2D eigenvalue weighted by molar-refractivity contribution is 7.91. The number of rotatable bonds is 3. The van der Waals surface area contributed by atoms with Gasteiger partial charge in [0.2, 0.25) is 0 Å². The molecular formula is C24H24ClN3O3S. The van der Waals surface area contributed by atoms with Crippen molar-refractivity contribution in [1.29, 1.82) is 0 Å². The Morgan fingerprint density at radius 1 is 1.00 bits per heavy atom. The molecule has 0 saturated carbocycles. The highest BCUT2D eigenvalue weighted by Gasteiger charge is 2.34. The van der Waals surface area contributed by atoms with E-state index in [2.05, 4.69) is 4.90 Å². The molecule has 0 N–H and O–H groups in total. The number of hydrogen-bond donors (Lipinski definition) is 0. The number of benzene rings is 2. The first-order valence-electron chi connectivity index (χ1n) is 10.8. The predicted octanol–water partition coefficient (Wildman–Crippen LogP) is 3.50. The van der Waals surface area contributed by atoms with Gasteiger partial charge in [-0.15, -0.1) is 0 Å². The molecule has 2 saturated heterocycles. The molecule has 0 spiro atoms. The molecule has 166 valence electrons. The Morgan fingerprint density at radius 2 is 1.72 bits per heavy atom. The lowest BCUT2D eigenvalue weighted by molar-refractivity contribution is 0.0589. The first-order valence-corrected chi connectivity index (χ1v) is 13.0. The molecule has 0 radical (unpaired) electrons. The molecule has 3 heterocycles. The third-order valence-corrected chi connectivity index (χ3v) is 8.50. The van der Waals surface area contributed by atoms with Gasteiger partial charge in [-0.3, -0.25) is 9.69 Å². The van der Waals surface area contributed by atoms with Gasteiger partial charge in [0.25, 0.3) is 5.91 Å². The van der Waals surface area contributed by atoms with Crippen molar-refractivity contribution in [2.75, 3.05) is 37.7 Å². The summed E-state index contributed by atoms with van der Waals surface area (Å²) in [5.74, 6) is 0.470. The number of sulfone groups is 1. The van der Waals surface area contributed by atoms with Crippen molar-refractivity contribution in [3.05, 3.63) is 65.2 Å². The summed E-state index contributed by atoms with van der Waals surface area (Å²) < 4.78 is 23.7. The molecule has 2 aliphatic rings. The Hall–Kier alpha value is -2.48. The van der Waals surface area contributed by atoms with Gasteiger partial charge in [0.05, 0.1) is 28.3 Å². The van der Waals surface area contributed by atoms with Crippen LogP contribution in [0.5, 0.6) is 0 Å². The van der Waals surface area contributed by atoms with Crippen LogP contribution in [0.2, 0.25) is 5.02 Å². The second kappa shape index (κ2) is 8.46. The summed E-state index contributed by atoms with van der Waals surface area (Å²) in [4.78, 5) is 22.4. The monoisotopic (exact) mass is 469 g/mol. The van der Waals surface area contributed by atoms with Crippen LogP contribution in [0.25, 0.3) is 22.2 Å². The number of nitrogens with zero attached hydrogens (tertiary/aromatic N) is 3. The molecule has 2 aliphatic heterocycles. The number of pyridine rings is 1. The number of halogens is 1. The Bertz CT molecular complexity index is 1290. The molecule has 5 rings (SSSR count). The van der Waals surface area contributed by atoms with E-state index in [0.29, 0.717) is 48.9 Å². The predicted molar refractivity (Wildman–Crippen MR) is 127 cm³/mol. The number of para-hydroxylation sites is 1. The van der Waals surface area contributed by atoms with E-state index in [0.717, 1.165) is 16.5 Å². The number of hydrogen-bond acceptors (Lipinski definition) is 5. The van der Waals surface area contributed by atoms with Crippen LogP contribution in [-0.2, 0) is 9.84 Å². The van der Waals surface area contributed by atoms with E-state index in [9.17, 15) is 13.2 Å². The summed E-state index contributed by atoms with van der Waals surface area (Å²) in [5.41, 5.74) is 2.83. The molecule has 2 aromatic carbocycles. The van der Waals surface area contributed by atoms with E-state index < -0.39 is 9.84 Å². The maximum atomic E-state index is 13.6. The molecule has 1 amide bonds. The molecule has 6 nitrogen and oxygen atoms in total. The van der Waals surface area contributed by atoms with Gasteiger partial charge in [0.1, 0.15) is 0 Å². The number of carbonyl (C=O) groups excluding carboxylic acids is 1. The maximum Gasteiger partial charge on any atom is 0.254 e. The molecule has 0 aliphatic carbocycles. The lowest BCUT2D eigenvalue weighted by atomic mass is 10.0. The zero-order valence-corrected chi connectivity index (χ0v) is 19.1. The van der Waals surface area contributed by atoms with Gasteiger partial charge in [-0.2, -0.15) is 0 Å². The zero-order chi connectivity index (χ0) is 22.3. The molecular weight excluding hydrogens is 446 g/mol. The van der Waals surface area contributed by atoms with Crippen molar-refractivity contribution >= 4 is 38.2 Å². The van der Waals surface area contributed by atoms with Crippen molar-refractivity contribution in [3.8, 4) is 11.3 Å². The summed E-state index contributed by atoms with van der Waals surface area (Å²) in [6.45, 7) is 2.53. The first-order chi connectivity index (χ1) is 15.4. The van der Waals surface area contributed by atoms with Crippen LogP contribution >= 0.6 is 11.6 Å². The first kappa shape index (κ1) is 21.4. The van der Waals surface area contributed by atoms with Gasteiger partial charge in [0, 0.05) is 48.2 Å². The number of carbonyl (C=O) groups is 1. The van der Waals surface area contributed by atoms with Gasteiger partial charge in [-0.25, -0.2) is 13.4 Å². The average molecular weight is 470 g/mol. The number of amides is 1. The number of fused-ring (bicyclic) bond motifs is 1. The summed E-state index contributed by atoms with van der Waals surface area (Å²) >= 11 is 6.41. The normalized spacial score (nSPS) is 21.2. The SMILES string of the molecule is O=C(c1cc(-c2ccccc2Cl)nc2ccccc12)N1CCN([C@H]2CCS(=O)(=O)C2)CC1. The fourth-order valence-electron chi connectivity index (χ4n) is 4.68. The number of piperazine rings is 1. The van der Waals surface area contributed by atoms with E-state index in [1.54, 1.807) is 0 Å². The standard InChI is InChI=1S/C24H24ClN3O3S/c25-21-7-3-1-6-19(21)23-15-20(18-5-2-4-8-22(18)26-23)24(29)28-12-10-27(11-13-28)17-9-14-32(30,31)16-17/h1-8,15,17H,9-14,16H2/t17-/m0/s1. The second-order valence-corrected chi connectivity index (χ2v) is 11.1. The Labute approximate surface area is 192 Å². The number of aromatic nitrogens is 1. The maximum absolute atomic E-state index is 13.6. The van der Waals surface area contributed by atoms with Crippen LogP contribution in [0.15, 0.2) is 54.6 Å². The van der Waals surface area contributed by atoms with Crippen molar-refractivity contribution in [1.82, 2.24) is 14.8 Å². The van der Waals surface area contributed by atoms with Crippen LogP contribution < -0.4 is 0 Å².